The SMILES string of the molecule is COc1ccc(-c2ccc(C3[C@@H]4CN(Cc5cccc(OC)c5)C[C@H]3N4)cc2)cc1. The summed E-state index contributed by atoms with van der Waals surface area (Å²) in [4.78, 5) is 2.56. The minimum atomic E-state index is 0.529. The zero-order chi connectivity index (χ0) is 20.5. The molecule has 6 rings (SSSR count). The number of benzene rings is 3. The van der Waals surface area contributed by atoms with Crippen LogP contribution >= 0.6 is 0 Å². The van der Waals surface area contributed by atoms with E-state index in [4.69, 9.17) is 9.47 Å². The highest BCUT2D eigenvalue weighted by Crippen LogP contribution is 2.38. The molecule has 30 heavy (non-hydrogen) atoms. The van der Waals surface area contributed by atoms with Crippen LogP contribution in [0.5, 0.6) is 11.5 Å². The van der Waals surface area contributed by atoms with E-state index < -0.39 is 0 Å². The molecular weight excluding hydrogens is 372 g/mol. The molecule has 1 unspecified atom stereocenters. The van der Waals surface area contributed by atoms with Crippen LogP contribution in [0.15, 0.2) is 72.8 Å². The van der Waals surface area contributed by atoms with Crippen LogP contribution in [0.4, 0.5) is 0 Å². The summed E-state index contributed by atoms with van der Waals surface area (Å²) < 4.78 is 10.6. The number of piperazine rings is 1. The maximum Gasteiger partial charge on any atom is 0.119 e. The molecule has 154 valence electrons. The van der Waals surface area contributed by atoms with Gasteiger partial charge >= 0.3 is 0 Å². The van der Waals surface area contributed by atoms with Crippen molar-refractivity contribution in [1.29, 1.82) is 0 Å². The Morgan fingerprint density at radius 3 is 2.07 bits per heavy atom. The third kappa shape index (κ3) is 3.69. The number of ether oxygens (including phenoxy) is 2. The maximum absolute atomic E-state index is 5.36. The second-order valence-corrected chi connectivity index (χ2v) is 8.30. The zero-order valence-corrected chi connectivity index (χ0v) is 17.5. The van der Waals surface area contributed by atoms with Crippen LogP contribution in [0.25, 0.3) is 11.1 Å². The van der Waals surface area contributed by atoms with Crippen molar-refractivity contribution in [2.45, 2.75) is 24.5 Å². The van der Waals surface area contributed by atoms with Crippen molar-refractivity contribution in [1.82, 2.24) is 10.2 Å². The van der Waals surface area contributed by atoms with Crippen molar-refractivity contribution in [3.63, 3.8) is 0 Å². The summed E-state index contributed by atoms with van der Waals surface area (Å²) >= 11 is 0. The van der Waals surface area contributed by atoms with Crippen LogP contribution in [0.1, 0.15) is 17.0 Å². The van der Waals surface area contributed by atoms with Crippen LogP contribution in [-0.2, 0) is 6.54 Å². The predicted molar refractivity (Wildman–Crippen MR) is 120 cm³/mol. The first-order chi connectivity index (χ1) is 14.7. The average molecular weight is 401 g/mol. The van der Waals surface area contributed by atoms with Crippen LogP contribution in [0, 0.1) is 0 Å². The van der Waals surface area contributed by atoms with Gasteiger partial charge in [0, 0.05) is 37.6 Å². The fourth-order valence-corrected chi connectivity index (χ4v) is 4.91. The Kier molecular flexibility index (Phi) is 5.19. The van der Waals surface area contributed by atoms with E-state index in [9.17, 15) is 0 Å². The quantitative estimate of drug-likeness (QED) is 0.669. The lowest BCUT2D eigenvalue weighted by Crippen LogP contribution is -2.71. The fourth-order valence-electron chi connectivity index (χ4n) is 4.91. The summed E-state index contributed by atoms with van der Waals surface area (Å²) in [7, 11) is 3.43. The van der Waals surface area contributed by atoms with E-state index >= 15 is 0 Å². The molecule has 0 amide bonds. The Labute approximate surface area is 178 Å². The van der Waals surface area contributed by atoms with E-state index in [-0.39, 0.29) is 0 Å². The molecule has 0 aromatic heterocycles. The second-order valence-electron chi connectivity index (χ2n) is 8.30. The minimum Gasteiger partial charge on any atom is -0.497 e. The number of hydrogen-bond donors (Lipinski definition) is 1. The molecule has 3 heterocycles. The number of fused-ring (bicyclic) bond motifs is 2. The van der Waals surface area contributed by atoms with Gasteiger partial charge in [-0.3, -0.25) is 4.90 Å². The molecule has 4 nitrogen and oxygen atoms in total. The maximum atomic E-state index is 5.36. The van der Waals surface area contributed by atoms with E-state index in [0.717, 1.165) is 31.1 Å². The van der Waals surface area contributed by atoms with Crippen molar-refractivity contribution >= 4 is 0 Å². The van der Waals surface area contributed by atoms with Crippen LogP contribution in [0.3, 0.4) is 0 Å². The normalized spacial score (nSPS) is 22.9. The number of nitrogens with zero attached hydrogens (tertiary/aromatic N) is 1. The molecule has 3 atom stereocenters. The van der Waals surface area contributed by atoms with E-state index in [1.807, 2.05) is 18.2 Å². The van der Waals surface area contributed by atoms with Gasteiger partial charge in [0.15, 0.2) is 0 Å². The highest BCUT2D eigenvalue weighted by atomic mass is 16.5. The van der Waals surface area contributed by atoms with Crippen molar-refractivity contribution < 1.29 is 9.47 Å². The molecule has 0 aliphatic carbocycles. The van der Waals surface area contributed by atoms with Gasteiger partial charge in [0.25, 0.3) is 0 Å². The predicted octanol–water partition coefficient (Wildman–Crippen LogP) is 4.31. The molecule has 4 heteroatoms. The minimum absolute atomic E-state index is 0.529. The summed E-state index contributed by atoms with van der Waals surface area (Å²) in [6, 6.07) is 26.8. The number of rotatable bonds is 6. The van der Waals surface area contributed by atoms with Crippen molar-refractivity contribution in [2.24, 2.45) is 0 Å². The molecule has 3 aliphatic rings. The molecule has 3 aliphatic heterocycles. The summed E-state index contributed by atoms with van der Waals surface area (Å²) in [6.45, 7) is 3.15. The lowest BCUT2D eigenvalue weighted by Gasteiger charge is -2.55. The van der Waals surface area contributed by atoms with E-state index in [1.54, 1.807) is 14.2 Å². The van der Waals surface area contributed by atoms with E-state index in [1.165, 1.54) is 22.3 Å². The first kappa shape index (κ1) is 19.2. The molecule has 3 aromatic rings. The van der Waals surface area contributed by atoms with E-state index in [2.05, 4.69) is 64.8 Å². The van der Waals surface area contributed by atoms with Gasteiger partial charge in [-0.1, -0.05) is 48.5 Å². The van der Waals surface area contributed by atoms with Gasteiger partial charge in [-0.05, 0) is 46.5 Å². The molecule has 1 N–H and O–H groups in total. The van der Waals surface area contributed by atoms with Gasteiger partial charge in [0.05, 0.1) is 14.2 Å². The third-order valence-electron chi connectivity index (χ3n) is 6.46. The molecule has 0 radical (unpaired) electrons. The van der Waals surface area contributed by atoms with Gasteiger partial charge < -0.3 is 14.8 Å². The van der Waals surface area contributed by atoms with E-state index in [0.29, 0.717) is 18.0 Å². The number of hydrogen-bond acceptors (Lipinski definition) is 4. The lowest BCUT2D eigenvalue weighted by atomic mass is 9.74. The Balaban J connectivity index is 1.23. The molecule has 3 saturated heterocycles. The number of methoxy groups -OCH3 is 2. The standard InChI is InChI=1S/C26H28N2O2/c1-29-22-12-10-20(11-13-22)19-6-8-21(9-7-19)26-24-16-28(17-25(26)27-24)15-18-4-3-5-23(14-18)30-2/h3-14,24-27H,15-17H2,1-2H3/t24-,25+,26?. The monoisotopic (exact) mass is 400 g/mol. The van der Waals surface area contributed by atoms with Crippen molar-refractivity contribution in [3.8, 4) is 22.6 Å². The zero-order valence-electron chi connectivity index (χ0n) is 17.5. The highest BCUT2D eigenvalue weighted by molar-refractivity contribution is 5.64. The molecule has 3 aromatic carbocycles. The van der Waals surface area contributed by atoms with Crippen LogP contribution in [-0.4, -0.2) is 44.3 Å². The first-order valence-corrected chi connectivity index (χ1v) is 10.6. The summed E-state index contributed by atoms with van der Waals surface area (Å²) in [5.74, 6) is 2.43. The summed E-state index contributed by atoms with van der Waals surface area (Å²) in [6.07, 6.45) is 0. The first-order valence-electron chi connectivity index (χ1n) is 10.6. The lowest BCUT2D eigenvalue weighted by molar-refractivity contribution is 0.0470. The molecular formula is C26H28N2O2. The van der Waals surface area contributed by atoms with Gasteiger partial charge in [0.1, 0.15) is 11.5 Å². The largest absolute Gasteiger partial charge is 0.497 e. The Hall–Kier alpha value is -2.82. The molecule has 3 fully saturated rings. The molecule has 2 bridgehead atoms. The Morgan fingerprint density at radius 2 is 1.43 bits per heavy atom. The van der Waals surface area contributed by atoms with Crippen molar-refractivity contribution in [3.05, 3.63) is 83.9 Å². The topological polar surface area (TPSA) is 33.7 Å². The van der Waals surface area contributed by atoms with Gasteiger partial charge in [-0.2, -0.15) is 0 Å². The van der Waals surface area contributed by atoms with Gasteiger partial charge in [-0.15, -0.1) is 0 Å². The van der Waals surface area contributed by atoms with Crippen molar-refractivity contribution in [2.75, 3.05) is 27.3 Å². The molecule has 0 spiro atoms. The number of piperidine rings is 1. The molecule has 0 saturated carbocycles. The number of nitrogens with one attached hydrogen (secondary N) is 1. The summed E-state index contributed by atoms with van der Waals surface area (Å²) in [5.41, 5.74) is 5.23. The Bertz CT molecular complexity index is 988. The van der Waals surface area contributed by atoms with Crippen LogP contribution in [0.2, 0.25) is 0 Å². The Morgan fingerprint density at radius 1 is 0.800 bits per heavy atom. The van der Waals surface area contributed by atoms with Crippen LogP contribution < -0.4 is 14.8 Å². The van der Waals surface area contributed by atoms with Gasteiger partial charge in [-0.25, -0.2) is 0 Å². The average Bonchev–Trinajstić information content (AvgIpc) is 2.80. The smallest absolute Gasteiger partial charge is 0.119 e. The second kappa shape index (κ2) is 8.13. The summed E-state index contributed by atoms with van der Waals surface area (Å²) in [5, 5.41) is 3.74. The van der Waals surface area contributed by atoms with Gasteiger partial charge in [0.2, 0.25) is 0 Å². The third-order valence-corrected chi connectivity index (χ3v) is 6.46. The fraction of sp³-hybridized carbons (Fsp3) is 0.308. The highest BCUT2D eigenvalue weighted by Gasteiger charge is 2.46.